The zero-order valence-electron chi connectivity index (χ0n) is 7.66. The second-order valence-electron chi connectivity index (χ2n) is 3.62. The molecule has 72 valence electrons. The van der Waals surface area contributed by atoms with Crippen molar-refractivity contribution in [3.05, 3.63) is 34.9 Å². The van der Waals surface area contributed by atoms with E-state index in [2.05, 4.69) is 6.07 Å². The van der Waals surface area contributed by atoms with Crippen LogP contribution in [0.1, 0.15) is 27.6 Å². The Kier molecular flexibility index (Phi) is 1.61. The predicted octanol–water partition coefficient (Wildman–Crippen LogP) is 1.47. The molecule has 0 saturated carbocycles. The Balaban J connectivity index is 2.04. The molecule has 0 radical (unpaired) electrons. The van der Waals surface area contributed by atoms with Crippen LogP contribution in [0.25, 0.3) is 0 Å². The lowest BCUT2D eigenvalue weighted by atomic mass is 9.99. The van der Waals surface area contributed by atoms with Gasteiger partial charge in [-0.1, -0.05) is 12.1 Å². The van der Waals surface area contributed by atoms with Gasteiger partial charge in [0.1, 0.15) is 6.10 Å². The molecule has 0 N–H and O–H groups in total. The summed E-state index contributed by atoms with van der Waals surface area (Å²) in [6.45, 7) is 1.31. The highest BCUT2D eigenvalue weighted by Gasteiger charge is 2.27. The third kappa shape index (κ3) is 1.21. The predicted molar refractivity (Wildman–Crippen MR) is 49.1 cm³/mol. The normalized spacial score (nSPS) is 24.0. The molecule has 0 spiro atoms. The van der Waals surface area contributed by atoms with Crippen LogP contribution in [0, 0.1) is 0 Å². The van der Waals surface area contributed by atoms with E-state index < -0.39 is 0 Å². The average molecular weight is 190 g/mol. The number of cyclic esters (lactones) is 1. The Morgan fingerprint density at radius 3 is 3.00 bits per heavy atom. The molecule has 0 unspecified atom stereocenters. The van der Waals surface area contributed by atoms with E-state index >= 15 is 0 Å². The van der Waals surface area contributed by atoms with E-state index in [9.17, 15) is 4.79 Å². The Morgan fingerprint density at radius 2 is 2.21 bits per heavy atom. The van der Waals surface area contributed by atoms with Crippen LogP contribution >= 0.6 is 0 Å². The Hall–Kier alpha value is -1.35. The van der Waals surface area contributed by atoms with Gasteiger partial charge in [0, 0.05) is 6.42 Å². The fourth-order valence-corrected chi connectivity index (χ4v) is 1.79. The molecule has 3 heteroatoms. The number of esters is 1. The number of hydrogen-bond acceptors (Lipinski definition) is 3. The summed E-state index contributed by atoms with van der Waals surface area (Å²) in [7, 11) is 0. The highest BCUT2D eigenvalue weighted by Crippen LogP contribution is 2.31. The maximum absolute atomic E-state index is 11.3. The molecule has 0 aromatic heterocycles. The highest BCUT2D eigenvalue weighted by atomic mass is 16.6. The monoisotopic (exact) mass is 190 g/mol. The smallest absolute Gasteiger partial charge is 0.338 e. The van der Waals surface area contributed by atoms with Gasteiger partial charge in [-0.05, 0) is 17.2 Å². The van der Waals surface area contributed by atoms with Gasteiger partial charge in [-0.3, -0.25) is 0 Å². The molecular formula is C11H10O3. The number of carbonyl (C=O) groups is 1. The third-order valence-electron chi connectivity index (χ3n) is 2.66. The Bertz CT molecular complexity index is 394. The summed E-state index contributed by atoms with van der Waals surface area (Å²) in [4.78, 5) is 11.3. The first-order valence-electron chi connectivity index (χ1n) is 4.76. The third-order valence-corrected chi connectivity index (χ3v) is 2.66. The number of rotatable bonds is 1. The fourth-order valence-electron chi connectivity index (χ4n) is 1.79. The Labute approximate surface area is 81.6 Å². The minimum absolute atomic E-state index is 0.200. The molecule has 0 bridgehead atoms. The van der Waals surface area contributed by atoms with Gasteiger partial charge in [0.05, 0.1) is 18.8 Å². The van der Waals surface area contributed by atoms with Gasteiger partial charge < -0.3 is 9.47 Å². The quantitative estimate of drug-likeness (QED) is 0.497. The topological polar surface area (TPSA) is 38.8 Å². The van der Waals surface area contributed by atoms with Crippen molar-refractivity contribution in [3.63, 3.8) is 0 Å². The van der Waals surface area contributed by atoms with Gasteiger partial charge in [0.25, 0.3) is 0 Å². The van der Waals surface area contributed by atoms with Gasteiger partial charge in [-0.15, -0.1) is 0 Å². The molecule has 1 aromatic rings. The van der Waals surface area contributed by atoms with Crippen molar-refractivity contribution in [2.24, 2.45) is 0 Å². The molecule has 1 atom stereocenters. The molecule has 0 aliphatic carbocycles. The second kappa shape index (κ2) is 2.82. The van der Waals surface area contributed by atoms with E-state index in [1.807, 2.05) is 12.1 Å². The van der Waals surface area contributed by atoms with Crippen molar-refractivity contribution in [2.75, 3.05) is 13.2 Å². The summed E-state index contributed by atoms with van der Waals surface area (Å²) in [6, 6.07) is 5.85. The lowest BCUT2D eigenvalue weighted by molar-refractivity contribution is 0.0480. The first kappa shape index (κ1) is 8.00. The van der Waals surface area contributed by atoms with Crippen LogP contribution in [0.2, 0.25) is 0 Å². The first-order chi connectivity index (χ1) is 6.84. The molecule has 2 heterocycles. The van der Waals surface area contributed by atoms with Gasteiger partial charge >= 0.3 is 5.97 Å². The zero-order chi connectivity index (χ0) is 9.54. The van der Waals surface area contributed by atoms with Gasteiger partial charge in [-0.25, -0.2) is 4.79 Å². The number of hydrogen-bond donors (Lipinski definition) is 0. The zero-order valence-corrected chi connectivity index (χ0v) is 7.66. The molecule has 0 amide bonds. The summed E-state index contributed by atoms with van der Waals surface area (Å²) >= 11 is 0. The van der Waals surface area contributed by atoms with Gasteiger partial charge in [0.15, 0.2) is 0 Å². The Morgan fingerprint density at radius 1 is 1.36 bits per heavy atom. The minimum atomic E-state index is -0.200. The summed E-state index contributed by atoms with van der Waals surface area (Å²) in [6.07, 6.45) is 1.08. The van der Waals surface area contributed by atoms with Crippen molar-refractivity contribution < 1.29 is 14.3 Å². The van der Waals surface area contributed by atoms with Crippen molar-refractivity contribution in [2.45, 2.75) is 12.5 Å². The standard InChI is InChI=1S/C11H10O3/c12-11-9-2-1-8(10-6-14-10)5-7(9)3-4-13-11/h1-2,5,10H,3-4,6H2/t10-/m1/s1. The molecule has 14 heavy (non-hydrogen) atoms. The molecule has 3 nitrogen and oxygen atoms in total. The number of benzene rings is 1. The number of fused-ring (bicyclic) bond motifs is 1. The number of epoxide rings is 1. The summed E-state index contributed by atoms with van der Waals surface area (Å²) in [5, 5.41) is 0. The van der Waals surface area contributed by atoms with Crippen molar-refractivity contribution in [1.82, 2.24) is 0 Å². The SMILES string of the molecule is O=C1OCCc2cc([C@H]3CO3)ccc21. The van der Waals surface area contributed by atoms with Crippen molar-refractivity contribution in [3.8, 4) is 0 Å². The molecule has 1 fully saturated rings. The molecular weight excluding hydrogens is 180 g/mol. The van der Waals surface area contributed by atoms with E-state index in [0.717, 1.165) is 18.6 Å². The van der Waals surface area contributed by atoms with Crippen LogP contribution in [-0.2, 0) is 15.9 Å². The van der Waals surface area contributed by atoms with E-state index in [4.69, 9.17) is 9.47 Å². The molecule has 2 aliphatic rings. The maximum Gasteiger partial charge on any atom is 0.338 e. The highest BCUT2D eigenvalue weighted by molar-refractivity contribution is 5.92. The second-order valence-corrected chi connectivity index (χ2v) is 3.62. The van der Waals surface area contributed by atoms with E-state index in [1.54, 1.807) is 0 Å². The van der Waals surface area contributed by atoms with Crippen LogP contribution in [0.15, 0.2) is 18.2 Å². The van der Waals surface area contributed by atoms with Crippen molar-refractivity contribution in [1.29, 1.82) is 0 Å². The summed E-state index contributed by atoms with van der Waals surface area (Å²) in [5.74, 6) is -0.200. The van der Waals surface area contributed by atoms with Crippen molar-refractivity contribution >= 4 is 5.97 Å². The first-order valence-corrected chi connectivity index (χ1v) is 4.76. The molecule has 1 saturated heterocycles. The van der Waals surface area contributed by atoms with Crippen LogP contribution in [-0.4, -0.2) is 19.2 Å². The largest absolute Gasteiger partial charge is 0.462 e. The van der Waals surface area contributed by atoms with Crippen LogP contribution in [0.4, 0.5) is 0 Å². The minimum Gasteiger partial charge on any atom is -0.462 e. The summed E-state index contributed by atoms with van der Waals surface area (Å²) in [5.41, 5.74) is 2.98. The van der Waals surface area contributed by atoms with E-state index in [1.165, 1.54) is 5.56 Å². The van der Waals surface area contributed by atoms with E-state index in [0.29, 0.717) is 12.2 Å². The van der Waals surface area contributed by atoms with E-state index in [-0.39, 0.29) is 12.1 Å². The van der Waals surface area contributed by atoms with Gasteiger partial charge in [-0.2, -0.15) is 0 Å². The lowest BCUT2D eigenvalue weighted by Gasteiger charge is -2.15. The van der Waals surface area contributed by atoms with Gasteiger partial charge in [0.2, 0.25) is 0 Å². The molecule has 3 rings (SSSR count). The number of carbonyl (C=O) groups excluding carboxylic acids is 1. The summed E-state index contributed by atoms with van der Waals surface area (Å²) < 4.78 is 10.1. The van der Waals surface area contributed by atoms with Crippen LogP contribution in [0.5, 0.6) is 0 Å². The fraction of sp³-hybridized carbons (Fsp3) is 0.364. The van der Waals surface area contributed by atoms with Crippen LogP contribution < -0.4 is 0 Å². The maximum atomic E-state index is 11.3. The molecule has 2 aliphatic heterocycles. The lowest BCUT2D eigenvalue weighted by Crippen LogP contribution is -2.17. The van der Waals surface area contributed by atoms with Crippen LogP contribution in [0.3, 0.4) is 0 Å². The average Bonchev–Trinajstić information content (AvgIpc) is 3.01. The molecule has 1 aromatic carbocycles. The number of ether oxygens (including phenoxy) is 2.